The van der Waals surface area contributed by atoms with Crippen LogP contribution in [0.25, 0.3) is 22.2 Å². The molecule has 3 aromatic rings. The smallest absolute Gasteiger partial charge is 0.263 e. The van der Waals surface area contributed by atoms with E-state index in [0.29, 0.717) is 16.5 Å². The number of rotatable bonds is 1. The van der Waals surface area contributed by atoms with Gasteiger partial charge in [0.15, 0.2) is 5.82 Å². The fraction of sp³-hybridized carbons (Fsp3) is 0.0667. The van der Waals surface area contributed by atoms with Crippen molar-refractivity contribution in [1.82, 2.24) is 15.0 Å². The summed E-state index contributed by atoms with van der Waals surface area (Å²) in [5, 5.41) is 10.5. The lowest BCUT2D eigenvalue weighted by molar-refractivity contribution is -0.138. The van der Waals surface area contributed by atoms with Crippen LogP contribution in [-0.2, 0) is 6.18 Å². The summed E-state index contributed by atoms with van der Waals surface area (Å²) in [4.78, 5) is 11.4. The molecule has 22 heavy (non-hydrogen) atoms. The first-order valence-electron chi connectivity index (χ1n) is 6.16. The van der Waals surface area contributed by atoms with Crippen LogP contribution >= 0.6 is 0 Å². The normalized spacial score (nSPS) is 11.4. The van der Waals surface area contributed by atoms with Gasteiger partial charge in [-0.05, 0) is 6.07 Å². The number of nitrogens with zero attached hydrogens (tertiary/aromatic N) is 4. The summed E-state index contributed by atoms with van der Waals surface area (Å²) in [7, 11) is 0. The largest absolute Gasteiger partial charge is 0.419 e. The third-order valence-corrected chi connectivity index (χ3v) is 3.12. The van der Waals surface area contributed by atoms with Crippen LogP contribution in [0, 0.1) is 11.3 Å². The molecule has 108 valence electrons. The van der Waals surface area contributed by atoms with Gasteiger partial charge in [0, 0.05) is 41.1 Å². The van der Waals surface area contributed by atoms with Crippen LogP contribution in [0.5, 0.6) is 0 Å². The maximum absolute atomic E-state index is 12.5. The fourth-order valence-corrected chi connectivity index (χ4v) is 2.02. The van der Waals surface area contributed by atoms with Crippen molar-refractivity contribution < 1.29 is 13.2 Å². The molecule has 0 aliphatic heterocycles. The van der Waals surface area contributed by atoms with E-state index in [2.05, 4.69) is 15.0 Å². The van der Waals surface area contributed by atoms with Crippen LogP contribution in [0.1, 0.15) is 11.1 Å². The molecule has 4 nitrogen and oxygen atoms in total. The lowest BCUT2D eigenvalue weighted by Crippen LogP contribution is -2.06. The van der Waals surface area contributed by atoms with Gasteiger partial charge in [-0.15, -0.1) is 0 Å². The Bertz CT molecular complexity index is 880. The predicted octanol–water partition coefficient (Wildman–Crippen LogP) is 3.58. The van der Waals surface area contributed by atoms with Gasteiger partial charge >= 0.3 is 6.18 Å². The van der Waals surface area contributed by atoms with Gasteiger partial charge in [0.25, 0.3) is 0 Å². The molecule has 0 N–H and O–H groups in total. The molecule has 0 saturated heterocycles. The Morgan fingerprint density at radius 2 is 1.73 bits per heavy atom. The first-order chi connectivity index (χ1) is 10.5. The molecule has 2 heterocycles. The minimum atomic E-state index is -4.47. The number of nitriles is 1. The number of pyridine rings is 1. The van der Waals surface area contributed by atoms with E-state index in [-0.39, 0.29) is 5.82 Å². The standard InChI is InChI=1S/C15H7F3N4/c16-15(17,18)12-7-21-14(22-8-12)9-1-2-10-5-20-6-11(4-19)13(10)3-9/h1-3,5-8H. The van der Waals surface area contributed by atoms with E-state index < -0.39 is 11.7 Å². The number of hydrogen-bond acceptors (Lipinski definition) is 4. The van der Waals surface area contributed by atoms with E-state index in [4.69, 9.17) is 5.26 Å². The first-order valence-corrected chi connectivity index (χ1v) is 6.16. The van der Waals surface area contributed by atoms with Crippen molar-refractivity contribution in [3.8, 4) is 17.5 Å². The molecule has 1 aromatic carbocycles. The van der Waals surface area contributed by atoms with Crippen LogP contribution in [0.2, 0.25) is 0 Å². The molecule has 0 radical (unpaired) electrons. The SMILES string of the molecule is N#Cc1cncc2ccc(-c3ncc(C(F)(F)F)cn3)cc12. The van der Waals surface area contributed by atoms with Gasteiger partial charge in [-0.1, -0.05) is 12.1 Å². The summed E-state index contributed by atoms with van der Waals surface area (Å²) in [5.74, 6) is 0.163. The van der Waals surface area contributed by atoms with Crippen molar-refractivity contribution in [2.45, 2.75) is 6.18 Å². The zero-order valence-corrected chi connectivity index (χ0v) is 11.0. The van der Waals surface area contributed by atoms with Crippen molar-refractivity contribution in [3.05, 3.63) is 54.1 Å². The monoisotopic (exact) mass is 300 g/mol. The second kappa shape index (κ2) is 5.07. The van der Waals surface area contributed by atoms with E-state index in [0.717, 1.165) is 17.8 Å². The third-order valence-electron chi connectivity index (χ3n) is 3.12. The maximum Gasteiger partial charge on any atom is 0.419 e. The van der Waals surface area contributed by atoms with Crippen molar-refractivity contribution in [1.29, 1.82) is 5.26 Å². The van der Waals surface area contributed by atoms with Crippen molar-refractivity contribution in [2.24, 2.45) is 0 Å². The minimum Gasteiger partial charge on any atom is -0.263 e. The highest BCUT2D eigenvalue weighted by molar-refractivity contribution is 5.90. The topological polar surface area (TPSA) is 62.5 Å². The maximum atomic E-state index is 12.5. The molecule has 0 amide bonds. The Labute approximate surface area is 122 Å². The lowest BCUT2D eigenvalue weighted by atomic mass is 10.0. The lowest BCUT2D eigenvalue weighted by Gasteiger charge is -2.07. The molecular formula is C15H7F3N4. The number of halogens is 3. The van der Waals surface area contributed by atoms with Gasteiger partial charge in [-0.25, -0.2) is 9.97 Å². The minimum absolute atomic E-state index is 0.163. The van der Waals surface area contributed by atoms with Crippen molar-refractivity contribution in [2.75, 3.05) is 0 Å². The molecule has 2 aromatic heterocycles. The second-order valence-electron chi connectivity index (χ2n) is 4.53. The van der Waals surface area contributed by atoms with Crippen LogP contribution in [0.4, 0.5) is 13.2 Å². The average Bonchev–Trinajstić information content (AvgIpc) is 2.53. The van der Waals surface area contributed by atoms with Gasteiger partial charge in [-0.3, -0.25) is 4.98 Å². The van der Waals surface area contributed by atoms with Gasteiger partial charge in [0.1, 0.15) is 6.07 Å². The summed E-state index contributed by atoms with van der Waals surface area (Å²) in [6.07, 6.45) is 0.0451. The molecule has 0 atom stereocenters. The molecule has 0 aliphatic rings. The summed E-state index contributed by atoms with van der Waals surface area (Å²) >= 11 is 0. The molecule has 0 fully saturated rings. The molecule has 0 bridgehead atoms. The number of alkyl halides is 3. The Morgan fingerprint density at radius 1 is 1.00 bits per heavy atom. The molecular weight excluding hydrogens is 293 g/mol. The Hall–Kier alpha value is -3.01. The molecule has 0 saturated carbocycles. The van der Waals surface area contributed by atoms with E-state index >= 15 is 0 Å². The second-order valence-corrected chi connectivity index (χ2v) is 4.53. The average molecular weight is 300 g/mol. The summed E-state index contributed by atoms with van der Waals surface area (Å²) in [5.41, 5.74) is 0.00846. The Morgan fingerprint density at radius 3 is 2.36 bits per heavy atom. The number of hydrogen-bond donors (Lipinski definition) is 0. The Kier molecular flexibility index (Phi) is 3.22. The fourth-order valence-electron chi connectivity index (χ4n) is 2.02. The van der Waals surface area contributed by atoms with Gasteiger partial charge in [0.2, 0.25) is 0 Å². The van der Waals surface area contributed by atoms with Crippen LogP contribution in [-0.4, -0.2) is 15.0 Å². The molecule has 0 aliphatic carbocycles. The summed E-state index contributed by atoms with van der Waals surface area (Å²) < 4.78 is 37.5. The van der Waals surface area contributed by atoms with Crippen molar-refractivity contribution in [3.63, 3.8) is 0 Å². The third kappa shape index (κ3) is 2.46. The number of aromatic nitrogens is 3. The van der Waals surface area contributed by atoms with E-state index in [9.17, 15) is 13.2 Å². The Balaban J connectivity index is 2.09. The predicted molar refractivity (Wildman–Crippen MR) is 72.5 cm³/mol. The number of fused-ring (bicyclic) bond motifs is 1. The van der Waals surface area contributed by atoms with Gasteiger partial charge < -0.3 is 0 Å². The van der Waals surface area contributed by atoms with Gasteiger partial charge in [0.05, 0.1) is 11.1 Å². The van der Waals surface area contributed by atoms with E-state index in [1.807, 2.05) is 6.07 Å². The number of benzene rings is 1. The quantitative estimate of drug-likeness (QED) is 0.689. The summed E-state index contributed by atoms with van der Waals surface area (Å²) in [6, 6.07) is 7.09. The molecule has 3 rings (SSSR count). The zero-order chi connectivity index (χ0) is 15.7. The van der Waals surface area contributed by atoms with Crippen molar-refractivity contribution >= 4 is 10.8 Å². The molecule has 7 heteroatoms. The van der Waals surface area contributed by atoms with Crippen LogP contribution < -0.4 is 0 Å². The summed E-state index contributed by atoms with van der Waals surface area (Å²) in [6.45, 7) is 0. The van der Waals surface area contributed by atoms with Crippen LogP contribution in [0.3, 0.4) is 0 Å². The highest BCUT2D eigenvalue weighted by Gasteiger charge is 2.31. The first kappa shape index (κ1) is 13.9. The van der Waals surface area contributed by atoms with E-state index in [1.54, 1.807) is 24.4 Å². The van der Waals surface area contributed by atoms with Gasteiger partial charge in [-0.2, -0.15) is 18.4 Å². The zero-order valence-electron chi connectivity index (χ0n) is 11.0. The highest BCUT2D eigenvalue weighted by atomic mass is 19.4. The molecule has 0 spiro atoms. The highest BCUT2D eigenvalue weighted by Crippen LogP contribution is 2.29. The van der Waals surface area contributed by atoms with E-state index in [1.165, 1.54) is 6.20 Å². The molecule has 0 unspecified atom stereocenters. The van der Waals surface area contributed by atoms with Crippen LogP contribution in [0.15, 0.2) is 43.0 Å².